The number of hydrogen-bond acceptors (Lipinski definition) is 1. The maximum absolute atomic E-state index is 11.8. The summed E-state index contributed by atoms with van der Waals surface area (Å²) in [6.45, 7) is 10.2. The van der Waals surface area contributed by atoms with Crippen LogP contribution in [-0.2, 0) is 11.0 Å². The summed E-state index contributed by atoms with van der Waals surface area (Å²) in [4.78, 5) is 0. The molecular formula is C12H25NOS. The Kier molecular flexibility index (Phi) is 7.07. The Bertz CT molecular complexity index is 228. The van der Waals surface area contributed by atoms with Gasteiger partial charge in [-0.3, -0.25) is 0 Å². The zero-order valence-electron chi connectivity index (χ0n) is 10.8. The summed E-state index contributed by atoms with van der Waals surface area (Å²) < 4.78 is 16.0. The molecule has 0 rings (SSSR count). The largest absolute Gasteiger partial charge is 0.234 e. The van der Waals surface area contributed by atoms with Crippen molar-refractivity contribution in [3.63, 3.8) is 0 Å². The van der Waals surface area contributed by atoms with Crippen LogP contribution in [0.1, 0.15) is 66.7 Å². The maximum Gasteiger partial charge on any atom is 0.144 e. The van der Waals surface area contributed by atoms with Crippen molar-refractivity contribution in [1.82, 2.24) is 0 Å². The molecule has 0 saturated carbocycles. The highest BCUT2D eigenvalue weighted by Crippen LogP contribution is 2.14. The van der Waals surface area contributed by atoms with Crippen LogP contribution in [-0.4, -0.2) is 14.7 Å². The van der Waals surface area contributed by atoms with Gasteiger partial charge in [-0.1, -0.05) is 26.7 Å². The third kappa shape index (κ3) is 6.82. The number of hydrogen-bond donors (Lipinski definition) is 0. The van der Waals surface area contributed by atoms with Crippen molar-refractivity contribution in [2.45, 2.75) is 71.5 Å². The second-order valence-electron chi connectivity index (χ2n) is 4.87. The topological polar surface area (TPSA) is 29.4 Å². The van der Waals surface area contributed by atoms with E-state index in [1.807, 2.05) is 20.8 Å². The molecule has 0 bridgehead atoms. The third-order valence-corrected chi connectivity index (χ3v) is 3.57. The first kappa shape index (κ1) is 14.8. The zero-order chi connectivity index (χ0) is 11.9. The molecule has 0 aliphatic rings. The molecule has 0 fully saturated rings. The Morgan fingerprint density at radius 2 is 1.73 bits per heavy atom. The summed E-state index contributed by atoms with van der Waals surface area (Å²) in [5.41, 5.74) is 1.13. The van der Waals surface area contributed by atoms with Crippen LogP contribution in [0.5, 0.6) is 0 Å². The minimum atomic E-state index is -1.08. The predicted molar refractivity (Wildman–Crippen MR) is 69.8 cm³/mol. The van der Waals surface area contributed by atoms with Crippen molar-refractivity contribution in [1.29, 1.82) is 0 Å². The summed E-state index contributed by atoms with van der Waals surface area (Å²) in [7, 11) is -1.08. The second kappa shape index (κ2) is 7.15. The SMILES string of the molecule is CCCCC(CCC)=NS(=O)C(C)(C)C. The van der Waals surface area contributed by atoms with E-state index in [9.17, 15) is 4.21 Å². The Hall–Kier alpha value is -0.180. The van der Waals surface area contributed by atoms with Crippen molar-refractivity contribution in [2.75, 3.05) is 0 Å². The molecule has 90 valence electrons. The smallest absolute Gasteiger partial charge is 0.144 e. The molecule has 15 heavy (non-hydrogen) atoms. The molecule has 0 aliphatic carbocycles. The molecule has 3 heteroatoms. The van der Waals surface area contributed by atoms with E-state index in [4.69, 9.17) is 0 Å². The number of nitrogens with zero attached hydrogens (tertiary/aromatic N) is 1. The van der Waals surface area contributed by atoms with Crippen LogP contribution < -0.4 is 0 Å². The van der Waals surface area contributed by atoms with Gasteiger partial charge in [0.25, 0.3) is 0 Å². The molecule has 0 spiro atoms. The van der Waals surface area contributed by atoms with Gasteiger partial charge in [0.15, 0.2) is 0 Å². The molecule has 0 saturated heterocycles. The molecule has 0 N–H and O–H groups in total. The van der Waals surface area contributed by atoms with Gasteiger partial charge in [0.05, 0.1) is 4.75 Å². The first-order chi connectivity index (χ1) is 6.91. The first-order valence-electron chi connectivity index (χ1n) is 5.90. The van der Waals surface area contributed by atoms with Gasteiger partial charge in [0.1, 0.15) is 11.0 Å². The van der Waals surface area contributed by atoms with Crippen LogP contribution in [0.3, 0.4) is 0 Å². The molecule has 0 radical (unpaired) electrons. The predicted octanol–water partition coefficient (Wildman–Crippen LogP) is 3.88. The van der Waals surface area contributed by atoms with E-state index in [2.05, 4.69) is 18.2 Å². The maximum atomic E-state index is 11.8. The summed E-state index contributed by atoms with van der Waals surface area (Å²) >= 11 is 0. The number of rotatable bonds is 6. The molecule has 0 aliphatic heterocycles. The Labute approximate surface area is 97.2 Å². The molecule has 0 aromatic carbocycles. The highest BCUT2D eigenvalue weighted by Gasteiger charge is 2.19. The van der Waals surface area contributed by atoms with E-state index in [1.165, 1.54) is 6.42 Å². The average Bonchev–Trinajstić information content (AvgIpc) is 2.13. The van der Waals surface area contributed by atoms with Gasteiger partial charge in [-0.05, 0) is 40.0 Å². The Balaban J connectivity index is 4.45. The van der Waals surface area contributed by atoms with Crippen molar-refractivity contribution in [2.24, 2.45) is 4.40 Å². The van der Waals surface area contributed by atoms with Crippen molar-refractivity contribution < 1.29 is 4.21 Å². The van der Waals surface area contributed by atoms with Crippen molar-refractivity contribution in [3.8, 4) is 0 Å². The molecule has 1 atom stereocenters. The highest BCUT2D eigenvalue weighted by molar-refractivity contribution is 7.85. The third-order valence-electron chi connectivity index (χ3n) is 2.09. The van der Waals surface area contributed by atoms with E-state index in [-0.39, 0.29) is 4.75 Å². The van der Waals surface area contributed by atoms with Crippen LogP contribution >= 0.6 is 0 Å². The van der Waals surface area contributed by atoms with Crippen molar-refractivity contribution in [3.05, 3.63) is 0 Å². The van der Waals surface area contributed by atoms with Gasteiger partial charge in [-0.15, -0.1) is 0 Å². The molecule has 0 heterocycles. The fraction of sp³-hybridized carbons (Fsp3) is 0.917. The Morgan fingerprint density at radius 1 is 1.13 bits per heavy atom. The lowest BCUT2D eigenvalue weighted by Crippen LogP contribution is -2.21. The lowest BCUT2D eigenvalue weighted by Gasteiger charge is -2.15. The fourth-order valence-electron chi connectivity index (χ4n) is 1.14. The van der Waals surface area contributed by atoms with E-state index < -0.39 is 11.0 Å². The van der Waals surface area contributed by atoms with Crippen LogP contribution in [0.4, 0.5) is 0 Å². The van der Waals surface area contributed by atoms with Crippen molar-refractivity contribution >= 4 is 16.7 Å². The molecule has 0 amide bonds. The monoisotopic (exact) mass is 231 g/mol. The first-order valence-corrected chi connectivity index (χ1v) is 7.01. The molecule has 0 aromatic heterocycles. The average molecular weight is 231 g/mol. The molecule has 1 unspecified atom stereocenters. The summed E-state index contributed by atoms with van der Waals surface area (Å²) in [6, 6.07) is 0. The van der Waals surface area contributed by atoms with Gasteiger partial charge in [-0.25, -0.2) is 4.21 Å². The quantitative estimate of drug-likeness (QED) is 0.638. The fourth-order valence-corrected chi connectivity index (χ4v) is 1.83. The molecule has 0 aromatic rings. The lowest BCUT2D eigenvalue weighted by atomic mass is 10.1. The van der Waals surface area contributed by atoms with Crippen LogP contribution in [0.15, 0.2) is 4.40 Å². The van der Waals surface area contributed by atoms with Gasteiger partial charge in [-0.2, -0.15) is 4.40 Å². The van der Waals surface area contributed by atoms with E-state index >= 15 is 0 Å². The minimum Gasteiger partial charge on any atom is -0.234 e. The van der Waals surface area contributed by atoms with E-state index in [0.29, 0.717) is 0 Å². The summed E-state index contributed by atoms with van der Waals surface area (Å²) in [5.74, 6) is 0. The standard InChI is InChI=1S/C12H25NOS/c1-6-8-10-11(9-7-2)13-15(14)12(3,4)5/h6-10H2,1-5H3. The van der Waals surface area contributed by atoms with E-state index in [1.54, 1.807) is 0 Å². The minimum absolute atomic E-state index is 0.231. The van der Waals surface area contributed by atoms with Crippen LogP contribution in [0.2, 0.25) is 0 Å². The number of unbranched alkanes of at least 4 members (excludes halogenated alkanes) is 1. The molecular weight excluding hydrogens is 206 g/mol. The van der Waals surface area contributed by atoms with Gasteiger partial charge >= 0.3 is 0 Å². The van der Waals surface area contributed by atoms with Gasteiger partial charge < -0.3 is 0 Å². The molecule has 2 nitrogen and oxygen atoms in total. The summed E-state index contributed by atoms with van der Waals surface area (Å²) in [6.07, 6.45) is 5.41. The lowest BCUT2D eigenvalue weighted by molar-refractivity contribution is 0.650. The van der Waals surface area contributed by atoms with Crippen LogP contribution in [0, 0.1) is 0 Å². The Morgan fingerprint density at radius 3 is 2.13 bits per heavy atom. The zero-order valence-corrected chi connectivity index (χ0v) is 11.6. The summed E-state index contributed by atoms with van der Waals surface area (Å²) in [5, 5.41) is 0. The van der Waals surface area contributed by atoms with Gasteiger partial charge in [0, 0.05) is 5.71 Å². The second-order valence-corrected chi connectivity index (χ2v) is 6.78. The van der Waals surface area contributed by atoms with Gasteiger partial charge in [0.2, 0.25) is 0 Å². The normalized spacial score (nSPS) is 15.4. The van der Waals surface area contributed by atoms with E-state index in [0.717, 1.165) is 31.4 Å². The highest BCUT2D eigenvalue weighted by atomic mass is 32.2. The van der Waals surface area contributed by atoms with Crippen LogP contribution in [0.25, 0.3) is 0 Å².